The van der Waals surface area contributed by atoms with Gasteiger partial charge in [0.1, 0.15) is 18.1 Å². The molecule has 0 radical (unpaired) electrons. The molecule has 0 saturated heterocycles. The Balaban J connectivity index is 2.21. The summed E-state index contributed by atoms with van der Waals surface area (Å²) in [7, 11) is 0. The second kappa shape index (κ2) is 16.5. The van der Waals surface area contributed by atoms with Crippen LogP contribution in [0.4, 0.5) is 0 Å². The summed E-state index contributed by atoms with van der Waals surface area (Å²) < 4.78 is 0. The molecule has 2 aromatic carbocycles. The van der Waals surface area contributed by atoms with Crippen LogP contribution in [-0.4, -0.2) is 77.2 Å². The zero-order valence-corrected chi connectivity index (χ0v) is 22.0. The van der Waals surface area contributed by atoms with Gasteiger partial charge in [-0.25, -0.2) is 4.79 Å². The van der Waals surface area contributed by atoms with Crippen LogP contribution in [-0.2, 0) is 32.0 Å². The molecule has 13 heteroatoms. The maximum Gasteiger partial charge on any atom is 0.328 e. The Kier molecular flexibility index (Phi) is 13.1. The average molecular weight is 556 g/mol. The molecule has 216 valence electrons. The van der Waals surface area contributed by atoms with Gasteiger partial charge in [0, 0.05) is 13.0 Å². The highest BCUT2D eigenvalue weighted by molar-refractivity contribution is 5.94. The van der Waals surface area contributed by atoms with Crippen molar-refractivity contribution in [3.05, 3.63) is 71.8 Å². The summed E-state index contributed by atoms with van der Waals surface area (Å²) in [5.74, 6) is -3.62. The van der Waals surface area contributed by atoms with Crippen molar-refractivity contribution in [1.29, 1.82) is 0 Å². The number of hydrogen-bond donors (Lipinski definition) is 8. The van der Waals surface area contributed by atoms with Crippen molar-refractivity contribution in [2.24, 2.45) is 22.2 Å². The zero-order chi connectivity index (χ0) is 29.5. The number of carbonyl (C=O) groups is 4. The van der Waals surface area contributed by atoms with Crippen molar-refractivity contribution in [2.75, 3.05) is 13.2 Å². The van der Waals surface area contributed by atoms with E-state index in [1.165, 1.54) is 0 Å². The number of aliphatic carboxylic acids is 1. The number of aliphatic hydroxyl groups excluding tert-OH is 1. The normalized spacial score (nSPS) is 13.7. The van der Waals surface area contributed by atoms with Gasteiger partial charge in [0.2, 0.25) is 17.7 Å². The molecule has 11 N–H and O–H groups in total. The largest absolute Gasteiger partial charge is 0.480 e. The maximum absolute atomic E-state index is 13.4. The predicted molar refractivity (Wildman–Crippen MR) is 149 cm³/mol. The number of hydrogen-bond acceptors (Lipinski definition) is 7. The van der Waals surface area contributed by atoms with Crippen molar-refractivity contribution < 1.29 is 29.4 Å². The number of carboxylic acids is 1. The Morgan fingerprint density at radius 1 is 0.750 bits per heavy atom. The van der Waals surface area contributed by atoms with E-state index in [2.05, 4.69) is 20.9 Å². The molecule has 0 spiro atoms. The van der Waals surface area contributed by atoms with Crippen LogP contribution in [0.25, 0.3) is 0 Å². The monoisotopic (exact) mass is 555 g/mol. The highest BCUT2D eigenvalue weighted by Gasteiger charge is 2.30. The second-order valence-electron chi connectivity index (χ2n) is 9.14. The molecule has 4 atom stereocenters. The zero-order valence-electron chi connectivity index (χ0n) is 22.0. The smallest absolute Gasteiger partial charge is 0.328 e. The number of aliphatic hydroxyl groups is 1. The summed E-state index contributed by atoms with van der Waals surface area (Å²) in [5.41, 5.74) is 18.4. The molecule has 13 nitrogen and oxygen atoms in total. The molecule has 0 fully saturated rings. The van der Waals surface area contributed by atoms with Gasteiger partial charge in [-0.2, -0.15) is 0 Å². The maximum atomic E-state index is 13.4. The predicted octanol–water partition coefficient (Wildman–Crippen LogP) is -1.62. The molecule has 0 saturated carbocycles. The van der Waals surface area contributed by atoms with Gasteiger partial charge in [-0.05, 0) is 30.4 Å². The lowest BCUT2D eigenvalue weighted by atomic mass is 10.0. The Morgan fingerprint density at radius 3 is 1.77 bits per heavy atom. The van der Waals surface area contributed by atoms with E-state index >= 15 is 0 Å². The summed E-state index contributed by atoms with van der Waals surface area (Å²) in [6, 6.07) is 13.1. The molecule has 3 amide bonds. The third-order valence-corrected chi connectivity index (χ3v) is 5.93. The number of carbonyl (C=O) groups excluding carboxylic acids is 3. The van der Waals surface area contributed by atoms with Gasteiger partial charge in [0.25, 0.3) is 0 Å². The molecule has 4 unspecified atom stereocenters. The van der Waals surface area contributed by atoms with Crippen molar-refractivity contribution in [2.45, 2.75) is 49.9 Å². The number of nitrogens with one attached hydrogen (secondary N) is 3. The van der Waals surface area contributed by atoms with Gasteiger partial charge < -0.3 is 43.4 Å². The first kappa shape index (κ1) is 31.7. The Morgan fingerprint density at radius 2 is 1.25 bits per heavy atom. The molecule has 40 heavy (non-hydrogen) atoms. The van der Waals surface area contributed by atoms with Gasteiger partial charge in [-0.1, -0.05) is 60.7 Å². The minimum Gasteiger partial charge on any atom is -0.480 e. The van der Waals surface area contributed by atoms with Gasteiger partial charge >= 0.3 is 5.97 Å². The van der Waals surface area contributed by atoms with Crippen molar-refractivity contribution in [3.8, 4) is 0 Å². The van der Waals surface area contributed by atoms with E-state index in [4.69, 9.17) is 17.2 Å². The quantitative estimate of drug-likeness (QED) is 0.0674. The molecule has 0 heterocycles. The van der Waals surface area contributed by atoms with E-state index < -0.39 is 54.5 Å². The van der Waals surface area contributed by atoms with Gasteiger partial charge in [0.15, 0.2) is 5.96 Å². The summed E-state index contributed by atoms with van der Waals surface area (Å²) in [6.45, 7) is -0.640. The minimum absolute atomic E-state index is 0.0262. The first-order valence-electron chi connectivity index (χ1n) is 12.7. The summed E-state index contributed by atoms with van der Waals surface area (Å²) in [4.78, 5) is 54.5. The molecule has 0 aliphatic carbocycles. The SMILES string of the molecule is NC(N)=NCCCC(NC(=O)C(N)Cc1ccccc1)C(=O)NC(Cc1ccccc1)C(=O)NC(CO)C(=O)O. The highest BCUT2D eigenvalue weighted by atomic mass is 16.4. The van der Waals surface area contributed by atoms with Crippen LogP contribution in [0.5, 0.6) is 0 Å². The molecular formula is C27H37N7O6. The number of benzene rings is 2. The number of amides is 3. The van der Waals surface area contributed by atoms with Crippen molar-refractivity contribution in [3.63, 3.8) is 0 Å². The molecule has 0 aliphatic rings. The second-order valence-corrected chi connectivity index (χ2v) is 9.14. The van der Waals surface area contributed by atoms with Gasteiger partial charge in [0.05, 0.1) is 12.6 Å². The fourth-order valence-corrected chi connectivity index (χ4v) is 3.80. The summed E-state index contributed by atoms with van der Waals surface area (Å²) in [5, 5.41) is 26.1. The van der Waals surface area contributed by atoms with Crippen LogP contribution in [0.15, 0.2) is 65.7 Å². The molecule has 2 aromatic rings. The number of carboxylic acid groups (broad SMARTS) is 1. The highest BCUT2D eigenvalue weighted by Crippen LogP contribution is 2.08. The number of guanidine groups is 1. The third-order valence-electron chi connectivity index (χ3n) is 5.93. The number of rotatable bonds is 16. The van der Waals surface area contributed by atoms with E-state index in [9.17, 15) is 29.4 Å². The van der Waals surface area contributed by atoms with Gasteiger partial charge in [-0.15, -0.1) is 0 Å². The average Bonchev–Trinajstić information content (AvgIpc) is 2.93. The molecular weight excluding hydrogens is 518 g/mol. The van der Waals surface area contributed by atoms with Crippen molar-refractivity contribution in [1.82, 2.24) is 16.0 Å². The van der Waals surface area contributed by atoms with E-state index in [-0.39, 0.29) is 31.8 Å². The van der Waals surface area contributed by atoms with Crippen LogP contribution in [0.3, 0.4) is 0 Å². The van der Waals surface area contributed by atoms with E-state index in [1.54, 1.807) is 30.3 Å². The number of nitrogens with zero attached hydrogens (tertiary/aromatic N) is 1. The van der Waals surface area contributed by atoms with Gasteiger partial charge in [-0.3, -0.25) is 19.4 Å². The van der Waals surface area contributed by atoms with E-state index in [0.717, 1.165) is 5.56 Å². The minimum atomic E-state index is -1.56. The summed E-state index contributed by atoms with van der Waals surface area (Å²) >= 11 is 0. The fraction of sp³-hybridized carbons (Fsp3) is 0.370. The lowest BCUT2D eigenvalue weighted by molar-refractivity contribution is -0.143. The van der Waals surface area contributed by atoms with Crippen LogP contribution in [0.1, 0.15) is 24.0 Å². The number of aliphatic imine (C=N–C) groups is 1. The fourth-order valence-electron chi connectivity index (χ4n) is 3.80. The van der Waals surface area contributed by atoms with E-state index in [0.29, 0.717) is 12.0 Å². The molecule has 2 rings (SSSR count). The third kappa shape index (κ3) is 11.1. The van der Waals surface area contributed by atoms with Crippen molar-refractivity contribution >= 4 is 29.7 Å². The lowest BCUT2D eigenvalue weighted by Crippen LogP contribution is -2.58. The Hall–Kier alpha value is -4.49. The van der Waals surface area contributed by atoms with E-state index in [1.807, 2.05) is 30.3 Å². The topological polar surface area (TPSA) is 235 Å². The Bertz CT molecular complexity index is 1140. The summed E-state index contributed by atoms with van der Waals surface area (Å²) in [6.07, 6.45) is 0.718. The van der Waals surface area contributed by atoms with Crippen LogP contribution < -0.4 is 33.2 Å². The lowest BCUT2D eigenvalue weighted by Gasteiger charge is -2.25. The van der Waals surface area contributed by atoms with Crippen LogP contribution in [0.2, 0.25) is 0 Å². The first-order valence-corrected chi connectivity index (χ1v) is 12.7. The molecule has 0 aromatic heterocycles. The number of nitrogens with two attached hydrogens (primary N) is 3. The first-order chi connectivity index (χ1) is 19.1. The van der Waals surface area contributed by atoms with Crippen LogP contribution >= 0.6 is 0 Å². The van der Waals surface area contributed by atoms with Crippen LogP contribution in [0, 0.1) is 0 Å². The standard InChI is InChI=1S/C27H37N7O6/c28-19(14-17-8-3-1-4-9-17)23(36)32-20(12-7-13-31-27(29)30)24(37)33-21(15-18-10-5-2-6-11-18)25(38)34-22(16-35)26(39)40/h1-6,8-11,19-22,35H,7,12-16,28H2,(H,32,36)(H,33,37)(H,34,38)(H,39,40)(H4,29,30,31). The molecule has 0 aliphatic heterocycles. The molecule has 0 bridgehead atoms. The Labute approximate surface area is 232 Å².